The van der Waals surface area contributed by atoms with Crippen LogP contribution in [-0.2, 0) is 5.41 Å². The highest BCUT2D eigenvalue weighted by molar-refractivity contribution is 7.15. The molecule has 0 aliphatic rings. The zero-order valence-electron chi connectivity index (χ0n) is 12.0. The molecule has 0 saturated carbocycles. The number of anilines is 1. The Balaban J connectivity index is 2.97. The van der Waals surface area contributed by atoms with Gasteiger partial charge >= 0.3 is 0 Å². The fourth-order valence-electron chi connectivity index (χ4n) is 1.89. The fraction of sp³-hybridized carbons (Fsp3) is 0.643. The lowest BCUT2D eigenvalue weighted by Gasteiger charge is -2.19. The van der Waals surface area contributed by atoms with Crippen LogP contribution < -0.4 is 4.90 Å². The van der Waals surface area contributed by atoms with Crippen LogP contribution in [0.5, 0.6) is 0 Å². The highest BCUT2D eigenvalue weighted by Gasteiger charge is 2.22. The molecule has 5 heteroatoms. The molecule has 0 aliphatic carbocycles. The summed E-state index contributed by atoms with van der Waals surface area (Å²) in [5.74, 6) is 0. The first-order valence-corrected chi connectivity index (χ1v) is 7.18. The minimum absolute atomic E-state index is 0.0795. The van der Waals surface area contributed by atoms with Crippen molar-refractivity contribution in [1.82, 2.24) is 4.98 Å². The van der Waals surface area contributed by atoms with Crippen LogP contribution in [0.1, 0.15) is 44.2 Å². The maximum atomic E-state index is 8.72. The van der Waals surface area contributed by atoms with E-state index < -0.39 is 0 Å². The molecule has 0 unspecified atom stereocenters. The minimum atomic E-state index is 0.0795. The van der Waals surface area contributed by atoms with Gasteiger partial charge in [0.15, 0.2) is 5.13 Å². The summed E-state index contributed by atoms with van der Waals surface area (Å²) >= 11 is 1.67. The van der Waals surface area contributed by atoms with E-state index in [-0.39, 0.29) is 5.41 Å². The van der Waals surface area contributed by atoms with Gasteiger partial charge < -0.3 is 4.90 Å². The first-order valence-electron chi connectivity index (χ1n) is 6.37. The van der Waals surface area contributed by atoms with Crippen molar-refractivity contribution in [2.45, 2.75) is 46.0 Å². The number of hydrogen-bond donors (Lipinski definition) is 0. The SMILES string of the molecule is Cc1nc(N(CCC#N)CCC#N)sc1C(C)(C)C. The zero-order valence-corrected chi connectivity index (χ0v) is 12.8. The average Bonchev–Trinajstić information content (AvgIpc) is 2.71. The van der Waals surface area contributed by atoms with Gasteiger partial charge in [-0.15, -0.1) is 11.3 Å². The predicted molar refractivity (Wildman–Crippen MR) is 78.2 cm³/mol. The van der Waals surface area contributed by atoms with Crippen LogP contribution in [0.2, 0.25) is 0 Å². The quantitative estimate of drug-likeness (QED) is 0.827. The first kappa shape index (κ1) is 15.5. The lowest BCUT2D eigenvalue weighted by Crippen LogP contribution is -2.25. The Morgan fingerprint density at radius 3 is 2.05 bits per heavy atom. The highest BCUT2D eigenvalue weighted by atomic mass is 32.1. The van der Waals surface area contributed by atoms with E-state index in [0.29, 0.717) is 25.9 Å². The third-order valence-electron chi connectivity index (χ3n) is 2.72. The molecule has 1 aromatic rings. The largest absolute Gasteiger partial charge is 0.346 e. The molecule has 0 N–H and O–H groups in total. The number of nitriles is 2. The van der Waals surface area contributed by atoms with Gasteiger partial charge in [0.1, 0.15) is 0 Å². The van der Waals surface area contributed by atoms with Crippen molar-refractivity contribution in [3.63, 3.8) is 0 Å². The van der Waals surface area contributed by atoms with Gasteiger partial charge in [0.2, 0.25) is 0 Å². The molecule has 1 rings (SSSR count). The predicted octanol–water partition coefficient (Wildman–Crippen LogP) is 3.38. The van der Waals surface area contributed by atoms with Crippen LogP contribution in [0.4, 0.5) is 5.13 Å². The van der Waals surface area contributed by atoms with Crippen molar-refractivity contribution >= 4 is 16.5 Å². The molecule has 0 aliphatic heterocycles. The van der Waals surface area contributed by atoms with Crippen molar-refractivity contribution in [1.29, 1.82) is 10.5 Å². The zero-order chi connectivity index (χ0) is 14.5. The average molecular weight is 276 g/mol. The van der Waals surface area contributed by atoms with Crippen molar-refractivity contribution in [3.8, 4) is 12.1 Å². The Hall–Kier alpha value is -1.59. The molecule has 1 aromatic heterocycles. The maximum absolute atomic E-state index is 8.72. The van der Waals surface area contributed by atoms with E-state index in [9.17, 15) is 0 Å². The molecular weight excluding hydrogens is 256 g/mol. The van der Waals surface area contributed by atoms with Crippen molar-refractivity contribution < 1.29 is 0 Å². The number of aromatic nitrogens is 1. The monoisotopic (exact) mass is 276 g/mol. The number of aryl methyl sites for hydroxylation is 1. The second kappa shape index (κ2) is 6.54. The molecule has 0 radical (unpaired) electrons. The Morgan fingerprint density at radius 1 is 1.16 bits per heavy atom. The van der Waals surface area contributed by atoms with Gasteiger partial charge in [-0.3, -0.25) is 0 Å². The minimum Gasteiger partial charge on any atom is -0.346 e. The van der Waals surface area contributed by atoms with Gasteiger partial charge in [-0.25, -0.2) is 4.98 Å². The smallest absolute Gasteiger partial charge is 0.185 e. The van der Waals surface area contributed by atoms with Gasteiger partial charge in [-0.05, 0) is 12.3 Å². The van der Waals surface area contributed by atoms with Crippen LogP contribution >= 0.6 is 11.3 Å². The first-order chi connectivity index (χ1) is 8.90. The fourth-order valence-corrected chi connectivity index (χ4v) is 3.06. The molecule has 0 bridgehead atoms. The van der Waals surface area contributed by atoms with Crippen molar-refractivity contribution in [3.05, 3.63) is 10.6 Å². The lowest BCUT2D eigenvalue weighted by atomic mass is 9.94. The van der Waals surface area contributed by atoms with Crippen molar-refractivity contribution in [2.24, 2.45) is 0 Å². The van der Waals surface area contributed by atoms with Gasteiger partial charge in [0.25, 0.3) is 0 Å². The lowest BCUT2D eigenvalue weighted by molar-refractivity contribution is 0.598. The summed E-state index contributed by atoms with van der Waals surface area (Å²) < 4.78 is 0. The summed E-state index contributed by atoms with van der Waals surface area (Å²) in [5, 5.41) is 18.4. The Morgan fingerprint density at radius 2 is 1.68 bits per heavy atom. The van der Waals surface area contributed by atoms with Gasteiger partial charge in [0, 0.05) is 18.0 Å². The Bertz CT molecular complexity index is 481. The molecule has 19 heavy (non-hydrogen) atoms. The standard InChI is InChI=1S/C14H20N4S/c1-11-12(14(2,3)4)19-13(17-11)18(9-5-7-15)10-6-8-16/h5-6,9-10H2,1-4H3. The Kier molecular flexibility index (Phi) is 5.32. The van der Waals surface area contributed by atoms with E-state index >= 15 is 0 Å². The van der Waals surface area contributed by atoms with Crippen LogP contribution in [0, 0.1) is 29.6 Å². The van der Waals surface area contributed by atoms with E-state index in [0.717, 1.165) is 10.8 Å². The van der Waals surface area contributed by atoms with E-state index in [1.807, 2.05) is 11.8 Å². The summed E-state index contributed by atoms with van der Waals surface area (Å²) in [6.07, 6.45) is 0.907. The van der Waals surface area contributed by atoms with E-state index in [4.69, 9.17) is 10.5 Å². The number of rotatable bonds is 5. The molecule has 0 amide bonds. The number of hydrogen-bond acceptors (Lipinski definition) is 5. The number of thiazole rings is 1. The topological polar surface area (TPSA) is 63.7 Å². The summed E-state index contributed by atoms with van der Waals surface area (Å²) in [7, 11) is 0. The van der Waals surface area contributed by atoms with E-state index in [1.54, 1.807) is 11.3 Å². The van der Waals surface area contributed by atoms with E-state index in [1.165, 1.54) is 4.88 Å². The third-order valence-corrected chi connectivity index (χ3v) is 4.37. The summed E-state index contributed by atoms with van der Waals surface area (Å²) in [6.45, 7) is 9.81. The van der Waals surface area contributed by atoms with Gasteiger partial charge in [-0.1, -0.05) is 20.8 Å². The molecule has 0 saturated heterocycles. The summed E-state index contributed by atoms with van der Waals surface area (Å²) in [6, 6.07) is 4.30. The van der Waals surface area contributed by atoms with Gasteiger partial charge in [-0.2, -0.15) is 10.5 Å². The summed E-state index contributed by atoms with van der Waals surface area (Å²) in [5.41, 5.74) is 1.13. The van der Waals surface area contributed by atoms with Crippen molar-refractivity contribution in [2.75, 3.05) is 18.0 Å². The van der Waals surface area contributed by atoms with Crippen LogP contribution in [0.25, 0.3) is 0 Å². The second-order valence-corrected chi connectivity index (χ2v) is 6.44. The molecule has 0 spiro atoms. The second-order valence-electron chi connectivity index (χ2n) is 5.46. The molecule has 0 atom stereocenters. The van der Waals surface area contributed by atoms with Crippen LogP contribution in [-0.4, -0.2) is 18.1 Å². The molecule has 0 aromatic carbocycles. The molecule has 102 valence electrons. The molecular formula is C14H20N4S. The van der Waals surface area contributed by atoms with Crippen LogP contribution in [0.15, 0.2) is 0 Å². The Labute approximate surface area is 119 Å². The van der Waals surface area contributed by atoms with Crippen LogP contribution in [0.3, 0.4) is 0 Å². The number of nitrogens with zero attached hydrogens (tertiary/aromatic N) is 4. The molecule has 4 nitrogen and oxygen atoms in total. The normalized spacial score (nSPS) is 10.8. The maximum Gasteiger partial charge on any atom is 0.185 e. The molecule has 1 heterocycles. The highest BCUT2D eigenvalue weighted by Crippen LogP contribution is 2.35. The third kappa shape index (κ3) is 4.22. The van der Waals surface area contributed by atoms with E-state index in [2.05, 4.69) is 37.9 Å². The molecule has 0 fully saturated rings. The summed E-state index contributed by atoms with van der Waals surface area (Å²) in [4.78, 5) is 7.92. The van der Waals surface area contributed by atoms with Gasteiger partial charge in [0.05, 0.1) is 30.7 Å².